The third kappa shape index (κ3) is 3.25. The zero-order chi connectivity index (χ0) is 18.9. The minimum atomic E-state index is -3.68. The summed E-state index contributed by atoms with van der Waals surface area (Å²) in [5, 5.41) is 10.3. The fraction of sp³-hybridized carbons (Fsp3) is 0.200. The van der Waals surface area contributed by atoms with Gasteiger partial charge in [0.2, 0.25) is 10.0 Å². The van der Waals surface area contributed by atoms with Crippen molar-refractivity contribution in [3.8, 4) is 6.07 Å². The number of benzene rings is 2. The third-order valence-electron chi connectivity index (χ3n) is 4.77. The van der Waals surface area contributed by atoms with Gasteiger partial charge in [-0.3, -0.25) is 0 Å². The van der Waals surface area contributed by atoms with Crippen LogP contribution in [0, 0.1) is 11.3 Å². The van der Waals surface area contributed by atoms with Gasteiger partial charge in [0.15, 0.2) is 0 Å². The molecule has 7 heteroatoms. The highest BCUT2D eigenvalue weighted by Crippen LogP contribution is 2.23. The molecule has 4 rings (SSSR count). The Balaban J connectivity index is 1.53. The van der Waals surface area contributed by atoms with Crippen molar-refractivity contribution in [2.45, 2.75) is 4.90 Å². The van der Waals surface area contributed by atoms with Crippen molar-refractivity contribution in [1.82, 2.24) is 9.29 Å². The minimum Gasteiger partial charge on any atom is -0.354 e. The van der Waals surface area contributed by atoms with Crippen molar-refractivity contribution in [2.75, 3.05) is 31.1 Å². The van der Waals surface area contributed by atoms with Crippen LogP contribution in [0.15, 0.2) is 65.6 Å². The molecule has 0 spiro atoms. The van der Waals surface area contributed by atoms with E-state index in [2.05, 4.69) is 9.88 Å². The van der Waals surface area contributed by atoms with Crippen molar-refractivity contribution in [1.29, 1.82) is 5.26 Å². The molecule has 2 heterocycles. The molecule has 0 bridgehead atoms. The lowest BCUT2D eigenvalue weighted by Gasteiger charge is -2.34. The van der Waals surface area contributed by atoms with Crippen LogP contribution in [-0.4, -0.2) is 43.9 Å². The Morgan fingerprint density at radius 3 is 2.37 bits per heavy atom. The molecule has 0 radical (unpaired) electrons. The second-order valence-electron chi connectivity index (χ2n) is 6.36. The van der Waals surface area contributed by atoms with Crippen LogP contribution in [0.4, 0.5) is 5.82 Å². The van der Waals surface area contributed by atoms with E-state index in [1.165, 1.54) is 16.4 Å². The highest BCUT2D eigenvalue weighted by molar-refractivity contribution is 7.89. The first-order valence-electron chi connectivity index (χ1n) is 8.69. The first-order chi connectivity index (χ1) is 13.1. The Labute approximate surface area is 158 Å². The van der Waals surface area contributed by atoms with Gasteiger partial charge in [0.05, 0.1) is 16.0 Å². The number of nitrogens with zero attached hydrogens (tertiary/aromatic N) is 4. The zero-order valence-corrected chi connectivity index (χ0v) is 15.4. The first-order valence-corrected chi connectivity index (χ1v) is 10.1. The van der Waals surface area contributed by atoms with Gasteiger partial charge in [0.1, 0.15) is 11.9 Å². The van der Waals surface area contributed by atoms with Gasteiger partial charge >= 0.3 is 0 Å². The average Bonchev–Trinajstić information content (AvgIpc) is 2.73. The smallest absolute Gasteiger partial charge is 0.244 e. The predicted octanol–water partition coefficient (Wildman–Crippen LogP) is 2.62. The van der Waals surface area contributed by atoms with Gasteiger partial charge in [-0.25, -0.2) is 13.4 Å². The molecule has 0 saturated carbocycles. The van der Waals surface area contributed by atoms with Crippen molar-refractivity contribution in [2.24, 2.45) is 0 Å². The molecule has 2 aromatic carbocycles. The summed E-state index contributed by atoms with van der Waals surface area (Å²) in [7, 11) is -3.68. The van der Waals surface area contributed by atoms with Crippen LogP contribution in [0.2, 0.25) is 0 Å². The molecule has 0 atom stereocenters. The van der Waals surface area contributed by atoms with Crippen LogP contribution in [0.3, 0.4) is 0 Å². The second-order valence-corrected chi connectivity index (χ2v) is 8.27. The number of anilines is 1. The lowest BCUT2D eigenvalue weighted by Crippen LogP contribution is -2.49. The summed E-state index contributed by atoms with van der Waals surface area (Å²) in [6.45, 7) is 1.83. The number of nitriles is 1. The highest BCUT2D eigenvalue weighted by atomic mass is 32.2. The minimum absolute atomic E-state index is 0.0739. The highest BCUT2D eigenvalue weighted by Gasteiger charge is 2.30. The van der Waals surface area contributed by atoms with Crippen LogP contribution >= 0.6 is 0 Å². The zero-order valence-electron chi connectivity index (χ0n) is 14.6. The van der Waals surface area contributed by atoms with E-state index < -0.39 is 10.0 Å². The summed E-state index contributed by atoms with van der Waals surface area (Å²) in [6, 6.07) is 20.2. The SMILES string of the molecule is N#Cc1ccccc1S(=O)(=O)N1CCN(c2ccc3ccccc3n2)CC1. The number of aromatic nitrogens is 1. The van der Waals surface area contributed by atoms with E-state index in [0.29, 0.717) is 26.2 Å². The quantitative estimate of drug-likeness (QED) is 0.700. The molecule has 0 aliphatic carbocycles. The maximum Gasteiger partial charge on any atom is 0.244 e. The molecule has 0 unspecified atom stereocenters. The standard InChI is InChI=1S/C20H18N4O2S/c21-15-17-6-2-4-8-19(17)27(25,26)24-13-11-23(12-14-24)20-10-9-16-5-1-3-7-18(16)22-20/h1-10H,11-14H2. The van der Waals surface area contributed by atoms with E-state index in [1.54, 1.807) is 12.1 Å². The number of fused-ring (bicyclic) bond motifs is 1. The number of para-hydroxylation sites is 1. The third-order valence-corrected chi connectivity index (χ3v) is 6.73. The van der Waals surface area contributed by atoms with Gasteiger partial charge in [-0.1, -0.05) is 30.3 Å². The number of pyridine rings is 1. The van der Waals surface area contributed by atoms with Crippen LogP contribution < -0.4 is 4.90 Å². The van der Waals surface area contributed by atoms with Crippen LogP contribution in [-0.2, 0) is 10.0 Å². The van der Waals surface area contributed by atoms with Gasteiger partial charge in [0.25, 0.3) is 0 Å². The number of rotatable bonds is 3. The lowest BCUT2D eigenvalue weighted by atomic mass is 10.2. The van der Waals surface area contributed by atoms with Crippen LogP contribution in [0.1, 0.15) is 5.56 Å². The van der Waals surface area contributed by atoms with E-state index in [0.717, 1.165) is 16.7 Å². The Bertz CT molecular complexity index is 1130. The number of sulfonamides is 1. The molecule has 136 valence electrons. The maximum atomic E-state index is 12.9. The maximum absolute atomic E-state index is 12.9. The van der Waals surface area contributed by atoms with Gasteiger partial charge in [-0.05, 0) is 30.3 Å². The van der Waals surface area contributed by atoms with E-state index in [9.17, 15) is 13.7 Å². The van der Waals surface area contributed by atoms with Gasteiger partial charge in [-0.2, -0.15) is 9.57 Å². The molecule has 1 fully saturated rings. The number of hydrogen-bond donors (Lipinski definition) is 0. The summed E-state index contributed by atoms with van der Waals surface area (Å²) in [4.78, 5) is 6.85. The molecule has 1 aliphatic heterocycles. The first kappa shape index (κ1) is 17.5. The summed E-state index contributed by atoms with van der Waals surface area (Å²) in [5.41, 5.74) is 1.10. The van der Waals surface area contributed by atoms with Gasteiger partial charge in [0, 0.05) is 31.6 Å². The Morgan fingerprint density at radius 1 is 0.889 bits per heavy atom. The molecule has 3 aromatic rings. The molecule has 0 N–H and O–H groups in total. The topological polar surface area (TPSA) is 77.3 Å². The summed E-state index contributed by atoms with van der Waals surface area (Å²) in [5.74, 6) is 0.850. The largest absolute Gasteiger partial charge is 0.354 e. The van der Waals surface area contributed by atoms with Gasteiger partial charge < -0.3 is 4.90 Å². The molecule has 6 nitrogen and oxygen atoms in total. The molecule has 1 aliphatic rings. The lowest BCUT2D eigenvalue weighted by molar-refractivity contribution is 0.384. The monoisotopic (exact) mass is 378 g/mol. The summed E-state index contributed by atoms with van der Waals surface area (Å²) < 4.78 is 27.3. The summed E-state index contributed by atoms with van der Waals surface area (Å²) >= 11 is 0. The normalized spacial score (nSPS) is 15.6. The molecule has 1 saturated heterocycles. The van der Waals surface area contributed by atoms with Crippen molar-refractivity contribution in [3.63, 3.8) is 0 Å². The fourth-order valence-corrected chi connectivity index (χ4v) is 4.88. The molecular weight excluding hydrogens is 360 g/mol. The number of hydrogen-bond acceptors (Lipinski definition) is 5. The van der Waals surface area contributed by atoms with E-state index >= 15 is 0 Å². The van der Waals surface area contributed by atoms with Crippen molar-refractivity contribution in [3.05, 3.63) is 66.2 Å². The van der Waals surface area contributed by atoms with Crippen LogP contribution in [0.5, 0.6) is 0 Å². The van der Waals surface area contributed by atoms with E-state index in [-0.39, 0.29) is 10.5 Å². The average molecular weight is 378 g/mol. The molecule has 0 amide bonds. The predicted molar refractivity (Wildman–Crippen MR) is 104 cm³/mol. The van der Waals surface area contributed by atoms with E-state index in [1.807, 2.05) is 42.5 Å². The Hall–Kier alpha value is -2.95. The number of piperazine rings is 1. The fourth-order valence-electron chi connectivity index (χ4n) is 3.31. The molecule has 1 aromatic heterocycles. The summed E-state index contributed by atoms with van der Waals surface area (Å²) in [6.07, 6.45) is 0. The van der Waals surface area contributed by atoms with E-state index in [4.69, 9.17) is 0 Å². The van der Waals surface area contributed by atoms with Gasteiger partial charge in [-0.15, -0.1) is 0 Å². The van der Waals surface area contributed by atoms with Crippen molar-refractivity contribution >= 4 is 26.7 Å². The second kappa shape index (κ2) is 6.99. The van der Waals surface area contributed by atoms with Crippen LogP contribution in [0.25, 0.3) is 10.9 Å². The van der Waals surface area contributed by atoms with Crippen molar-refractivity contribution < 1.29 is 8.42 Å². The Kier molecular flexibility index (Phi) is 4.52. The molecule has 27 heavy (non-hydrogen) atoms. The molecular formula is C20H18N4O2S. The Morgan fingerprint density at radius 2 is 1.59 bits per heavy atom.